The van der Waals surface area contributed by atoms with E-state index in [2.05, 4.69) is 15.3 Å². The maximum atomic E-state index is 6.12. The molecule has 2 heterocycles. The zero-order valence-electron chi connectivity index (χ0n) is 8.80. The van der Waals surface area contributed by atoms with E-state index in [0.29, 0.717) is 6.04 Å². The fourth-order valence-corrected chi connectivity index (χ4v) is 3.62. The Morgan fingerprint density at radius 1 is 1.47 bits per heavy atom. The third kappa shape index (κ3) is 1.82. The van der Waals surface area contributed by atoms with E-state index in [1.54, 1.807) is 11.3 Å². The van der Waals surface area contributed by atoms with Gasteiger partial charge in [0.25, 0.3) is 0 Å². The zero-order chi connectivity index (χ0) is 10.3. The van der Waals surface area contributed by atoms with Crippen LogP contribution in [0.25, 0.3) is 0 Å². The van der Waals surface area contributed by atoms with Gasteiger partial charge in [-0.25, -0.2) is 4.98 Å². The first-order valence-corrected chi connectivity index (χ1v) is 6.62. The maximum Gasteiger partial charge on any atom is 0.0795 e. The Kier molecular flexibility index (Phi) is 2.50. The average molecular weight is 223 g/mol. The first-order chi connectivity index (χ1) is 7.33. The first kappa shape index (κ1) is 9.75. The molecule has 0 radical (unpaired) electrons. The molecule has 0 spiro atoms. The number of hydrogen-bond donors (Lipinski definition) is 1. The summed E-state index contributed by atoms with van der Waals surface area (Å²) in [6.45, 7) is 3.43. The van der Waals surface area contributed by atoms with Crippen LogP contribution in [0, 0.1) is 11.8 Å². The summed E-state index contributed by atoms with van der Waals surface area (Å²) in [4.78, 5) is 6.86. The number of rotatable bonds is 2. The van der Waals surface area contributed by atoms with Crippen molar-refractivity contribution in [2.75, 3.05) is 13.1 Å². The number of fused-ring (bicyclic) bond motifs is 1. The van der Waals surface area contributed by atoms with Crippen molar-refractivity contribution in [2.45, 2.75) is 25.4 Å². The molecule has 1 aromatic heterocycles. The van der Waals surface area contributed by atoms with E-state index in [9.17, 15) is 0 Å². The number of nitrogens with zero attached hydrogens (tertiary/aromatic N) is 2. The third-order valence-corrected chi connectivity index (χ3v) is 4.49. The molecule has 4 heteroatoms. The summed E-state index contributed by atoms with van der Waals surface area (Å²) in [5.74, 6) is 1.61. The molecule has 0 bridgehead atoms. The number of hydrogen-bond acceptors (Lipinski definition) is 4. The molecule has 3 rings (SSSR count). The molecule has 15 heavy (non-hydrogen) atoms. The van der Waals surface area contributed by atoms with Gasteiger partial charge in [0.2, 0.25) is 0 Å². The van der Waals surface area contributed by atoms with Crippen LogP contribution in [0.2, 0.25) is 0 Å². The van der Waals surface area contributed by atoms with Crippen molar-refractivity contribution in [1.82, 2.24) is 9.88 Å². The van der Waals surface area contributed by atoms with Gasteiger partial charge in [-0.15, -0.1) is 11.3 Å². The quantitative estimate of drug-likeness (QED) is 0.822. The third-order valence-electron chi connectivity index (χ3n) is 3.86. The van der Waals surface area contributed by atoms with Crippen LogP contribution in [0.1, 0.15) is 18.5 Å². The lowest BCUT2D eigenvalue weighted by molar-refractivity contribution is 0.295. The fraction of sp³-hybridized carbons (Fsp3) is 0.727. The lowest BCUT2D eigenvalue weighted by atomic mass is 9.98. The van der Waals surface area contributed by atoms with E-state index in [1.165, 1.54) is 31.6 Å². The molecule has 1 saturated heterocycles. The van der Waals surface area contributed by atoms with E-state index in [-0.39, 0.29) is 0 Å². The molecule has 2 N–H and O–H groups in total. The lowest BCUT2D eigenvalue weighted by Gasteiger charge is -2.16. The summed E-state index contributed by atoms with van der Waals surface area (Å²) in [7, 11) is 0. The molecular weight excluding hydrogens is 206 g/mol. The zero-order valence-corrected chi connectivity index (χ0v) is 9.62. The van der Waals surface area contributed by atoms with Crippen molar-refractivity contribution in [2.24, 2.45) is 17.6 Å². The fourth-order valence-electron chi connectivity index (χ4n) is 3.07. The Labute approximate surface area is 94.3 Å². The Hall–Kier alpha value is -0.450. The van der Waals surface area contributed by atoms with Crippen molar-refractivity contribution in [3.05, 3.63) is 16.6 Å². The number of aromatic nitrogens is 1. The summed E-state index contributed by atoms with van der Waals surface area (Å²) >= 11 is 1.68. The summed E-state index contributed by atoms with van der Waals surface area (Å²) in [5, 5.41) is 2.15. The Bertz CT molecular complexity index is 325. The highest BCUT2D eigenvalue weighted by molar-refractivity contribution is 7.07. The van der Waals surface area contributed by atoms with E-state index in [1.807, 2.05) is 5.51 Å². The smallest absolute Gasteiger partial charge is 0.0795 e. The topological polar surface area (TPSA) is 42.1 Å². The van der Waals surface area contributed by atoms with E-state index in [0.717, 1.165) is 18.4 Å². The molecular formula is C11H17N3S. The SMILES string of the molecule is NC1CCC2CN(Cc3cscn3)CC12. The van der Waals surface area contributed by atoms with E-state index < -0.39 is 0 Å². The second-order valence-electron chi connectivity index (χ2n) is 4.84. The predicted octanol–water partition coefficient (Wildman–Crippen LogP) is 1.31. The van der Waals surface area contributed by atoms with Crippen molar-refractivity contribution in [3.63, 3.8) is 0 Å². The van der Waals surface area contributed by atoms with Crippen LogP contribution in [0.15, 0.2) is 10.9 Å². The largest absolute Gasteiger partial charge is 0.327 e. The van der Waals surface area contributed by atoms with Gasteiger partial charge in [-0.2, -0.15) is 0 Å². The molecule has 0 aromatic carbocycles. The van der Waals surface area contributed by atoms with Gasteiger partial charge < -0.3 is 5.73 Å². The Balaban J connectivity index is 1.62. The Morgan fingerprint density at radius 2 is 2.40 bits per heavy atom. The van der Waals surface area contributed by atoms with Gasteiger partial charge in [0.15, 0.2) is 0 Å². The molecule has 1 aliphatic carbocycles. The minimum absolute atomic E-state index is 0.454. The maximum absolute atomic E-state index is 6.12. The molecule has 2 aliphatic rings. The van der Waals surface area contributed by atoms with E-state index in [4.69, 9.17) is 5.73 Å². The van der Waals surface area contributed by atoms with E-state index >= 15 is 0 Å². The van der Waals surface area contributed by atoms with Crippen LogP contribution >= 0.6 is 11.3 Å². The predicted molar refractivity (Wildman–Crippen MR) is 61.6 cm³/mol. The molecule has 1 saturated carbocycles. The number of nitrogens with two attached hydrogens (primary N) is 1. The minimum atomic E-state index is 0.454. The normalized spacial score (nSPS) is 35.9. The second kappa shape index (κ2) is 3.85. The molecule has 3 nitrogen and oxygen atoms in total. The van der Waals surface area contributed by atoms with Crippen molar-refractivity contribution in [3.8, 4) is 0 Å². The van der Waals surface area contributed by atoms with Crippen LogP contribution in [-0.2, 0) is 6.54 Å². The molecule has 1 aromatic rings. The van der Waals surface area contributed by atoms with Crippen LogP contribution in [-0.4, -0.2) is 29.0 Å². The highest BCUT2D eigenvalue weighted by Gasteiger charge is 2.40. The Morgan fingerprint density at radius 3 is 3.13 bits per heavy atom. The molecule has 82 valence electrons. The minimum Gasteiger partial charge on any atom is -0.327 e. The monoisotopic (exact) mass is 223 g/mol. The summed E-state index contributed by atoms with van der Waals surface area (Å²) in [6, 6.07) is 0.454. The molecule has 1 aliphatic heterocycles. The standard InChI is InChI=1S/C11H17N3S/c12-11-2-1-8-3-14(5-10(8)11)4-9-6-15-7-13-9/h6-8,10-11H,1-5,12H2. The van der Waals surface area contributed by atoms with Gasteiger partial charge in [-0.1, -0.05) is 0 Å². The highest BCUT2D eigenvalue weighted by Crippen LogP contribution is 2.37. The lowest BCUT2D eigenvalue weighted by Crippen LogP contribution is -2.30. The highest BCUT2D eigenvalue weighted by atomic mass is 32.1. The molecule has 2 fully saturated rings. The van der Waals surface area contributed by atoms with Crippen LogP contribution in [0.5, 0.6) is 0 Å². The van der Waals surface area contributed by atoms with Gasteiger partial charge >= 0.3 is 0 Å². The summed E-state index contributed by atoms with van der Waals surface area (Å²) < 4.78 is 0. The summed E-state index contributed by atoms with van der Waals surface area (Å²) in [6.07, 6.45) is 2.57. The van der Waals surface area contributed by atoms with Gasteiger partial charge in [0.1, 0.15) is 0 Å². The number of likely N-dealkylation sites (tertiary alicyclic amines) is 1. The molecule has 3 atom stereocenters. The average Bonchev–Trinajstić information content (AvgIpc) is 2.88. The van der Waals surface area contributed by atoms with Crippen LogP contribution < -0.4 is 5.73 Å². The van der Waals surface area contributed by atoms with Crippen LogP contribution in [0.3, 0.4) is 0 Å². The van der Waals surface area contributed by atoms with Crippen molar-refractivity contribution >= 4 is 11.3 Å². The van der Waals surface area contributed by atoms with Gasteiger partial charge in [-0.3, -0.25) is 4.90 Å². The summed E-state index contributed by atoms with van der Waals surface area (Å²) in [5.41, 5.74) is 9.25. The first-order valence-electron chi connectivity index (χ1n) is 5.68. The van der Waals surface area contributed by atoms with Crippen molar-refractivity contribution < 1.29 is 0 Å². The molecule has 3 unspecified atom stereocenters. The molecule has 0 amide bonds. The number of thiazole rings is 1. The van der Waals surface area contributed by atoms with Gasteiger partial charge in [0.05, 0.1) is 11.2 Å². The second-order valence-corrected chi connectivity index (χ2v) is 5.56. The van der Waals surface area contributed by atoms with Crippen LogP contribution in [0.4, 0.5) is 0 Å². The van der Waals surface area contributed by atoms with Gasteiger partial charge in [-0.05, 0) is 24.7 Å². The van der Waals surface area contributed by atoms with Gasteiger partial charge in [0, 0.05) is 31.1 Å². The van der Waals surface area contributed by atoms with Crippen molar-refractivity contribution in [1.29, 1.82) is 0 Å².